The first-order valence-corrected chi connectivity index (χ1v) is 10.4. The van der Waals surface area contributed by atoms with E-state index in [2.05, 4.69) is 26.2 Å². The predicted molar refractivity (Wildman–Crippen MR) is 107 cm³/mol. The van der Waals surface area contributed by atoms with Crippen molar-refractivity contribution in [2.24, 2.45) is 5.92 Å². The number of pyridine rings is 1. The van der Waals surface area contributed by atoms with E-state index >= 15 is 0 Å². The van der Waals surface area contributed by atoms with Gasteiger partial charge in [0, 0.05) is 31.5 Å². The van der Waals surface area contributed by atoms with Crippen LogP contribution in [0.15, 0.2) is 47.3 Å². The molecule has 2 aliphatic rings. The molecule has 2 aliphatic heterocycles. The number of nitrogens with zero attached hydrogens (tertiary/aromatic N) is 3. The molecule has 150 valence electrons. The molecule has 4 rings (SSSR count). The van der Waals surface area contributed by atoms with E-state index in [0.29, 0.717) is 12.6 Å². The van der Waals surface area contributed by atoms with Gasteiger partial charge < -0.3 is 9.73 Å². The molecule has 1 atom stereocenters. The van der Waals surface area contributed by atoms with Crippen LogP contribution in [0, 0.1) is 5.92 Å². The summed E-state index contributed by atoms with van der Waals surface area (Å²) < 4.78 is 5.31. The number of carbonyl (C=O) groups excluding carboxylic acids is 1. The number of carbonyl (C=O) groups is 1. The van der Waals surface area contributed by atoms with E-state index in [1.165, 1.54) is 18.4 Å². The van der Waals surface area contributed by atoms with Crippen LogP contribution in [0.1, 0.15) is 37.0 Å². The van der Waals surface area contributed by atoms with Crippen LogP contribution >= 0.6 is 0 Å². The highest BCUT2D eigenvalue weighted by Crippen LogP contribution is 2.24. The van der Waals surface area contributed by atoms with E-state index < -0.39 is 0 Å². The van der Waals surface area contributed by atoms with Gasteiger partial charge in [-0.3, -0.25) is 19.6 Å². The van der Waals surface area contributed by atoms with Crippen molar-refractivity contribution in [3.8, 4) is 0 Å². The Bertz CT molecular complexity index is 726. The van der Waals surface area contributed by atoms with Crippen LogP contribution in [0.4, 0.5) is 0 Å². The summed E-state index contributed by atoms with van der Waals surface area (Å²) in [5.41, 5.74) is 1.28. The van der Waals surface area contributed by atoms with Crippen LogP contribution in [0.25, 0.3) is 0 Å². The SMILES string of the molecule is O=C(NCc1ccco1)[C@@H]1CCCN(C2CCN(Cc3cccnc3)CC2)C1. The Morgan fingerprint density at radius 2 is 2.07 bits per heavy atom. The highest BCUT2D eigenvalue weighted by molar-refractivity contribution is 5.78. The van der Waals surface area contributed by atoms with Crippen molar-refractivity contribution in [1.29, 1.82) is 0 Å². The van der Waals surface area contributed by atoms with Crippen LogP contribution in [0.2, 0.25) is 0 Å². The zero-order valence-corrected chi connectivity index (χ0v) is 16.4. The summed E-state index contributed by atoms with van der Waals surface area (Å²) in [5.74, 6) is 1.06. The maximum atomic E-state index is 12.6. The third-order valence-corrected chi connectivity index (χ3v) is 6.04. The molecule has 0 bridgehead atoms. The number of piperidine rings is 2. The van der Waals surface area contributed by atoms with Gasteiger partial charge in [0.2, 0.25) is 5.91 Å². The van der Waals surface area contributed by atoms with E-state index in [0.717, 1.165) is 51.3 Å². The van der Waals surface area contributed by atoms with E-state index in [1.807, 2.05) is 30.6 Å². The van der Waals surface area contributed by atoms with Crippen molar-refractivity contribution in [3.05, 3.63) is 54.2 Å². The zero-order valence-electron chi connectivity index (χ0n) is 16.4. The Kier molecular flexibility index (Phi) is 6.39. The van der Waals surface area contributed by atoms with Crippen LogP contribution < -0.4 is 5.32 Å². The van der Waals surface area contributed by atoms with E-state index in [-0.39, 0.29) is 11.8 Å². The number of amides is 1. The molecule has 1 N–H and O–H groups in total. The molecular formula is C22H30N4O2. The van der Waals surface area contributed by atoms with E-state index in [9.17, 15) is 4.79 Å². The van der Waals surface area contributed by atoms with Gasteiger partial charge in [0.15, 0.2) is 0 Å². The average Bonchev–Trinajstić information content (AvgIpc) is 3.27. The number of nitrogens with one attached hydrogen (secondary N) is 1. The molecule has 0 aliphatic carbocycles. The molecule has 6 heteroatoms. The average molecular weight is 383 g/mol. The molecule has 2 saturated heterocycles. The van der Waals surface area contributed by atoms with Gasteiger partial charge in [-0.25, -0.2) is 0 Å². The lowest BCUT2D eigenvalue weighted by molar-refractivity contribution is -0.127. The summed E-state index contributed by atoms with van der Waals surface area (Å²) in [7, 11) is 0. The van der Waals surface area contributed by atoms with Crippen molar-refractivity contribution < 1.29 is 9.21 Å². The highest BCUT2D eigenvalue weighted by atomic mass is 16.3. The maximum absolute atomic E-state index is 12.6. The number of hydrogen-bond donors (Lipinski definition) is 1. The fraction of sp³-hybridized carbons (Fsp3) is 0.545. The summed E-state index contributed by atoms with van der Waals surface area (Å²) in [6.07, 6.45) is 9.89. The van der Waals surface area contributed by atoms with Gasteiger partial charge >= 0.3 is 0 Å². The van der Waals surface area contributed by atoms with Gasteiger partial charge in [-0.1, -0.05) is 6.07 Å². The summed E-state index contributed by atoms with van der Waals surface area (Å²) in [5, 5.41) is 3.04. The second-order valence-electron chi connectivity index (χ2n) is 8.00. The largest absolute Gasteiger partial charge is 0.467 e. The molecule has 2 fully saturated rings. The lowest BCUT2D eigenvalue weighted by Crippen LogP contribution is -2.50. The first kappa shape index (κ1) is 19.2. The Morgan fingerprint density at radius 3 is 2.82 bits per heavy atom. The van der Waals surface area contributed by atoms with Gasteiger partial charge in [0.1, 0.15) is 5.76 Å². The second-order valence-corrected chi connectivity index (χ2v) is 8.00. The Morgan fingerprint density at radius 1 is 1.18 bits per heavy atom. The normalized spacial score (nSPS) is 22.2. The van der Waals surface area contributed by atoms with Gasteiger partial charge in [0.05, 0.1) is 18.7 Å². The highest BCUT2D eigenvalue weighted by Gasteiger charge is 2.31. The second kappa shape index (κ2) is 9.34. The van der Waals surface area contributed by atoms with Crippen molar-refractivity contribution >= 4 is 5.91 Å². The third-order valence-electron chi connectivity index (χ3n) is 6.04. The lowest BCUT2D eigenvalue weighted by Gasteiger charge is -2.42. The molecule has 2 aromatic heterocycles. The van der Waals surface area contributed by atoms with Crippen molar-refractivity contribution in [2.75, 3.05) is 26.2 Å². The third kappa shape index (κ3) is 5.00. The summed E-state index contributed by atoms with van der Waals surface area (Å²) >= 11 is 0. The summed E-state index contributed by atoms with van der Waals surface area (Å²) in [6, 6.07) is 8.51. The first-order valence-electron chi connectivity index (χ1n) is 10.4. The molecular weight excluding hydrogens is 352 g/mol. The minimum absolute atomic E-state index is 0.0946. The molecule has 6 nitrogen and oxygen atoms in total. The van der Waals surface area contributed by atoms with Crippen molar-refractivity contribution in [1.82, 2.24) is 20.1 Å². The van der Waals surface area contributed by atoms with Gasteiger partial charge in [-0.2, -0.15) is 0 Å². The van der Waals surface area contributed by atoms with E-state index in [1.54, 1.807) is 6.26 Å². The standard InChI is InChI=1S/C22H30N4O2/c27-22(24-15-21-6-3-13-28-21)19-5-2-10-26(17-19)20-7-11-25(12-8-20)16-18-4-1-9-23-14-18/h1,3-4,6,9,13-14,19-20H,2,5,7-8,10-12,15-17H2,(H,24,27)/t19-/m1/s1. The summed E-state index contributed by atoms with van der Waals surface area (Å²) in [6.45, 7) is 5.71. The minimum Gasteiger partial charge on any atom is -0.467 e. The van der Waals surface area contributed by atoms with E-state index in [4.69, 9.17) is 4.42 Å². The van der Waals surface area contributed by atoms with Crippen LogP contribution in [-0.2, 0) is 17.9 Å². The molecule has 2 aromatic rings. The number of rotatable bonds is 6. The quantitative estimate of drug-likeness (QED) is 0.832. The number of likely N-dealkylation sites (tertiary alicyclic amines) is 2. The van der Waals surface area contributed by atoms with Gasteiger partial charge in [-0.05, 0) is 69.1 Å². The lowest BCUT2D eigenvalue weighted by atomic mass is 9.93. The molecule has 28 heavy (non-hydrogen) atoms. The number of aromatic nitrogens is 1. The Balaban J connectivity index is 1.23. The molecule has 0 aromatic carbocycles. The first-order chi connectivity index (χ1) is 13.8. The minimum atomic E-state index is 0.0946. The molecule has 0 saturated carbocycles. The fourth-order valence-corrected chi connectivity index (χ4v) is 4.48. The molecule has 1 amide bonds. The topological polar surface area (TPSA) is 61.6 Å². The molecule has 4 heterocycles. The Hall–Kier alpha value is -2.18. The fourth-order valence-electron chi connectivity index (χ4n) is 4.48. The smallest absolute Gasteiger partial charge is 0.224 e. The van der Waals surface area contributed by atoms with Crippen molar-refractivity contribution in [2.45, 2.75) is 44.8 Å². The monoisotopic (exact) mass is 382 g/mol. The van der Waals surface area contributed by atoms with Crippen molar-refractivity contribution in [3.63, 3.8) is 0 Å². The number of hydrogen-bond acceptors (Lipinski definition) is 5. The van der Waals surface area contributed by atoms with Gasteiger partial charge in [-0.15, -0.1) is 0 Å². The van der Waals surface area contributed by atoms with Crippen LogP contribution in [0.5, 0.6) is 0 Å². The van der Waals surface area contributed by atoms with Crippen LogP contribution in [-0.4, -0.2) is 52.9 Å². The molecule has 0 radical (unpaired) electrons. The molecule has 0 unspecified atom stereocenters. The zero-order chi connectivity index (χ0) is 19.2. The predicted octanol–water partition coefficient (Wildman–Crippen LogP) is 2.67. The maximum Gasteiger partial charge on any atom is 0.224 e. The van der Waals surface area contributed by atoms with Crippen LogP contribution in [0.3, 0.4) is 0 Å². The number of furan rings is 1. The molecule has 0 spiro atoms. The Labute approximate surface area is 166 Å². The van der Waals surface area contributed by atoms with Gasteiger partial charge in [0.25, 0.3) is 0 Å². The summed E-state index contributed by atoms with van der Waals surface area (Å²) in [4.78, 5) is 21.9.